The highest BCUT2D eigenvalue weighted by Gasteiger charge is 2.27. The normalized spacial score (nSPS) is 15.3. The summed E-state index contributed by atoms with van der Waals surface area (Å²) in [5, 5.41) is 18.2. The number of hydrogen-bond acceptors (Lipinski definition) is 7. The molecule has 0 aliphatic carbocycles. The number of aryl methyl sites for hydroxylation is 2. The van der Waals surface area contributed by atoms with Crippen LogP contribution >= 0.6 is 11.8 Å². The number of nitrogens with zero attached hydrogens (tertiary/aromatic N) is 5. The van der Waals surface area contributed by atoms with E-state index in [1.165, 1.54) is 11.8 Å². The van der Waals surface area contributed by atoms with E-state index in [1.807, 2.05) is 61.2 Å². The zero-order chi connectivity index (χ0) is 22.5. The van der Waals surface area contributed by atoms with Crippen molar-refractivity contribution in [2.24, 2.45) is 0 Å². The van der Waals surface area contributed by atoms with Crippen LogP contribution in [0.3, 0.4) is 0 Å². The van der Waals surface area contributed by atoms with Gasteiger partial charge in [-0.1, -0.05) is 59.3 Å². The quantitative estimate of drug-likeness (QED) is 0.531. The summed E-state index contributed by atoms with van der Waals surface area (Å²) in [5.74, 6) is 0.743. The number of aromatic nitrogens is 2. The molecular formula is C24H25N5O2S. The van der Waals surface area contributed by atoms with Gasteiger partial charge in [0, 0.05) is 31.7 Å². The van der Waals surface area contributed by atoms with Crippen molar-refractivity contribution in [3.63, 3.8) is 0 Å². The number of benzene rings is 2. The lowest BCUT2D eigenvalue weighted by molar-refractivity contribution is -0.130. The smallest absolute Gasteiger partial charge is 0.277 e. The van der Waals surface area contributed by atoms with Gasteiger partial charge in [0.25, 0.3) is 5.22 Å². The van der Waals surface area contributed by atoms with Crippen LogP contribution in [0.1, 0.15) is 22.7 Å². The predicted octanol–water partition coefficient (Wildman–Crippen LogP) is 3.85. The van der Waals surface area contributed by atoms with Gasteiger partial charge in [-0.3, -0.25) is 9.69 Å². The Kier molecular flexibility index (Phi) is 6.88. The molecular weight excluding hydrogens is 422 g/mol. The number of carbonyl (C=O) groups excluding carboxylic acids is 1. The van der Waals surface area contributed by atoms with Gasteiger partial charge >= 0.3 is 0 Å². The fourth-order valence-electron chi connectivity index (χ4n) is 3.93. The van der Waals surface area contributed by atoms with Gasteiger partial charge in [-0.25, -0.2) is 0 Å². The molecule has 0 N–H and O–H groups in total. The van der Waals surface area contributed by atoms with Crippen LogP contribution in [-0.2, 0) is 4.79 Å². The van der Waals surface area contributed by atoms with Gasteiger partial charge in [0.15, 0.2) is 0 Å². The molecule has 1 amide bonds. The molecule has 2 heterocycles. The molecule has 0 spiro atoms. The molecule has 0 radical (unpaired) electrons. The Morgan fingerprint density at radius 3 is 2.44 bits per heavy atom. The lowest BCUT2D eigenvalue weighted by Gasteiger charge is -2.37. The predicted molar refractivity (Wildman–Crippen MR) is 123 cm³/mol. The highest BCUT2D eigenvalue weighted by molar-refractivity contribution is 7.99. The molecule has 0 bridgehead atoms. The molecule has 1 saturated heterocycles. The van der Waals surface area contributed by atoms with Crippen LogP contribution in [-0.4, -0.2) is 57.8 Å². The monoisotopic (exact) mass is 447 g/mol. The first-order chi connectivity index (χ1) is 15.5. The average Bonchev–Trinajstić information content (AvgIpc) is 3.28. The number of amides is 1. The third kappa shape index (κ3) is 5.18. The molecule has 1 atom stereocenters. The van der Waals surface area contributed by atoms with Crippen LogP contribution in [0.2, 0.25) is 0 Å². The average molecular weight is 448 g/mol. The maximum Gasteiger partial charge on any atom is 0.277 e. The maximum atomic E-state index is 12.7. The highest BCUT2D eigenvalue weighted by atomic mass is 32.2. The molecule has 164 valence electrons. The van der Waals surface area contributed by atoms with Gasteiger partial charge in [-0.15, -0.1) is 10.2 Å². The van der Waals surface area contributed by atoms with Crippen molar-refractivity contribution in [2.45, 2.75) is 25.1 Å². The summed E-state index contributed by atoms with van der Waals surface area (Å²) in [5.41, 5.74) is 4.14. The first kappa shape index (κ1) is 22.1. The topological polar surface area (TPSA) is 86.3 Å². The molecule has 1 fully saturated rings. The van der Waals surface area contributed by atoms with Crippen LogP contribution < -0.4 is 0 Å². The first-order valence-electron chi connectivity index (χ1n) is 10.5. The van der Waals surface area contributed by atoms with Crippen molar-refractivity contribution in [3.8, 4) is 17.5 Å². The summed E-state index contributed by atoms with van der Waals surface area (Å²) in [7, 11) is 0. The lowest BCUT2D eigenvalue weighted by Crippen LogP contribution is -2.50. The van der Waals surface area contributed by atoms with Gasteiger partial charge in [-0.05, 0) is 31.5 Å². The number of piperazine rings is 1. The van der Waals surface area contributed by atoms with Crippen LogP contribution in [0, 0.1) is 25.2 Å². The zero-order valence-corrected chi connectivity index (χ0v) is 19.0. The number of carbonyl (C=O) groups is 1. The number of nitriles is 1. The molecule has 1 aliphatic heterocycles. The van der Waals surface area contributed by atoms with E-state index in [0.717, 1.165) is 22.3 Å². The minimum absolute atomic E-state index is 0.0361. The number of hydrogen-bond donors (Lipinski definition) is 0. The van der Waals surface area contributed by atoms with E-state index in [1.54, 1.807) is 0 Å². The summed E-state index contributed by atoms with van der Waals surface area (Å²) in [6.07, 6.45) is 0. The van der Waals surface area contributed by atoms with Gasteiger partial charge in [-0.2, -0.15) is 5.26 Å². The van der Waals surface area contributed by atoms with Crippen molar-refractivity contribution in [2.75, 3.05) is 31.9 Å². The molecule has 1 unspecified atom stereocenters. The third-order valence-electron chi connectivity index (χ3n) is 5.46. The highest BCUT2D eigenvalue weighted by Crippen LogP contribution is 2.26. The van der Waals surface area contributed by atoms with E-state index in [9.17, 15) is 10.1 Å². The number of rotatable bonds is 6. The van der Waals surface area contributed by atoms with E-state index in [2.05, 4.69) is 27.2 Å². The van der Waals surface area contributed by atoms with E-state index < -0.39 is 0 Å². The minimum Gasteiger partial charge on any atom is -0.411 e. The Balaban J connectivity index is 1.29. The molecule has 32 heavy (non-hydrogen) atoms. The number of thioether (sulfide) groups is 1. The summed E-state index contributed by atoms with van der Waals surface area (Å²) < 4.78 is 5.76. The molecule has 1 aliphatic rings. The fourth-order valence-corrected chi connectivity index (χ4v) is 4.60. The van der Waals surface area contributed by atoms with Gasteiger partial charge in [0.05, 0.1) is 11.8 Å². The largest absolute Gasteiger partial charge is 0.411 e. The fraction of sp³-hybridized carbons (Fsp3) is 0.333. The Bertz CT molecular complexity index is 1100. The maximum absolute atomic E-state index is 12.7. The minimum atomic E-state index is -0.287. The molecule has 7 nitrogen and oxygen atoms in total. The molecule has 4 rings (SSSR count). The molecule has 8 heteroatoms. The molecule has 3 aromatic rings. The van der Waals surface area contributed by atoms with Crippen molar-refractivity contribution >= 4 is 17.7 Å². The Morgan fingerprint density at radius 1 is 1.09 bits per heavy atom. The van der Waals surface area contributed by atoms with Crippen LogP contribution in [0.25, 0.3) is 11.5 Å². The Labute approximate surface area is 192 Å². The van der Waals surface area contributed by atoms with E-state index in [0.29, 0.717) is 37.3 Å². The summed E-state index contributed by atoms with van der Waals surface area (Å²) in [6.45, 7) is 6.59. The van der Waals surface area contributed by atoms with Crippen molar-refractivity contribution in [1.29, 1.82) is 5.26 Å². The van der Waals surface area contributed by atoms with Gasteiger partial charge in [0.1, 0.15) is 6.04 Å². The molecule has 0 saturated carbocycles. The zero-order valence-electron chi connectivity index (χ0n) is 18.2. The van der Waals surface area contributed by atoms with Crippen molar-refractivity contribution in [1.82, 2.24) is 20.0 Å². The van der Waals surface area contributed by atoms with Crippen LogP contribution in [0.4, 0.5) is 0 Å². The van der Waals surface area contributed by atoms with Crippen molar-refractivity contribution < 1.29 is 9.21 Å². The summed E-state index contributed by atoms with van der Waals surface area (Å²) in [6, 6.07) is 18.0. The van der Waals surface area contributed by atoms with Crippen LogP contribution in [0.15, 0.2) is 58.2 Å². The van der Waals surface area contributed by atoms with Gasteiger partial charge in [0.2, 0.25) is 11.8 Å². The standard InChI is InChI=1S/C24H25N5O2S/c1-17-12-18(2)14-20(13-17)23-26-27-24(31-23)32-16-22(30)29-10-8-28(9-11-29)21(15-25)19-6-4-3-5-7-19/h3-7,12-14,21H,8-11,16H2,1-2H3. The SMILES string of the molecule is Cc1cc(C)cc(-c2nnc(SCC(=O)N3CCN(C(C#N)c4ccccc4)CC3)o2)c1. The Morgan fingerprint density at radius 2 is 1.78 bits per heavy atom. The molecule has 2 aromatic carbocycles. The second kappa shape index (κ2) is 9.98. The summed E-state index contributed by atoms with van der Waals surface area (Å²) >= 11 is 1.26. The van der Waals surface area contributed by atoms with Crippen molar-refractivity contribution in [3.05, 3.63) is 65.2 Å². The first-order valence-corrected chi connectivity index (χ1v) is 11.5. The second-order valence-electron chi connectivity index (χ2n) is 7.90. The Hall–Kier alpha value is -3.15. The lowest BCUT2D eigenvalue weighted by atomic mass is 10.1. The van der Waals surface area contributed by atoms with Gasteiger partial charge < -0.3 is 9.32 Å². The van der Waals surface area contributed by atoms with E-state index in [-0.39, 0.29) is 17.7 Å². The summed E-state index contributed by atoms with van der Waals surface area (Å²) in [4.78, 5) is 16.6. The second-order valence-corrected chi connectivity index (χ2v) is 8.82. The van der Waals surface area contributed by atoms with E-state index >= 15 is 0 Å². The van der Waals surface area contributed by atoms with E-state index in [4.69, 9.17) is 4.42 Å². The third-order valence-corrected chi connectivity index (χ3v) is 6.27. The molecule has 1 aromatic heterocycles. The van der Waals surface area contributed by atoms with Crippen LogP contribution in [0.5, 0.6) is 0 Å².